The van der Waals surface area contributed by atoms with Crippen molar-refractivity contribution in [2.75, 3.05) is 13.1 Å². The molecule has 3 rings (SSSR count). The molecule has 1 saturated heterocycles. The number of rotatable bonds is 3. The van der Waals surface area contributed by atoms with E-state index in [1.165, 1.54) is 18.2 Å². The third kappa shape index (κ3) is 5.46. The number of hydrogen-bond donors (Lipinski definition) is 1. The van der Waals surface area contributed by atoms with Gasteiger partial charge in [-0.15, -0.1) is 0 Å². The standard InChI is InChI=1S/C24H27F3N2O2/c1-23(2,3)17-10-8-16(9-11-17)22(31)29-14-12-18(13-15-29)28-21(30)19-6-4-5-7-20(19)24(25,26)27/h4-11,18H,12-15H2,1-3H3,(H,28,30). The van der Waals surface area contributed by atoms with Crippen molar-refractivity contribution in [1.82, 2.24) is 10.2 Å². The zero-order valence-electron chi connectivity index (χ0n) is 17.9. The summed E-state index contributed by atoms with van der Waals surface area (Å²) in [7, 11) is 0. The summed E-state index contributed by atoms with van der Waals surface area (Å²) < 4.78 is 39.5. The highest BCUT2D eigenvalue weighted by Crippen LogP contribution is 2.32. The maximum absolute atomic E-state index is 13.2. The molecule has 1 heterocycles. The first-order chi connectivity index (χ1) is 14.5. The van der Waals surface area contributed by atoms with E-state index in [0.717, 1.165) is 11.6 Å². The van der Waals surface area contributed by atoms with E-state index in [9.17, 15) is 22.8 Å². The van der Waals surface area contributed by atoms with Gasteiger partial charge in [-0.25, -0.2) is 0 Å². The molecule has 2 amide bonds. The maximum Gasteiger partial charge on any atom is 0.417 e. The van der Waals surface area contributed by atoms with Crippen molar-refractivity contribution in [3.05, 3.63) is 70.8 Å². The van der Waals surface area contributed by atoms with Gasteiger partial charge in [-0.3, -0.25) is 9.59 Å². The first-order valence-electron chi connectivity index (χ1n) is 10.3. The molecular formula is C24H27F3N2O2. The molecule has 2 aromatic carbocycles. The molecule has 0 saturated carbocycles. The lowest BCUT2D eigenvalue weighted by Crippen LogP contribution is -2.46. The van der Waals surface area contributed by atoms with Crippen molar-refractivity contribution in [2.24, 2.45) is 0 Å². The van der Waals surface area contributed by atoms with E-state index < -0.39 is 17.6 Å². The molecule has 0 spiro atoms. The van der Waals surface area contributed by atoms with Gasteiger partial charge in [0.2, 0.25) is 0 Å². The van der Waals surface area contributed by atoms with Gasteiger partial charge >= 0.3 is 6.18 Å². The van der Waals surface area contributed by atoms with Crippen LogP contribution >= 0.6 is 0 Å². The number of carbonyl (C=O) groups is 2. The lowest BCUT2D eigenvalue weighted by atomic mass is 9.86. The van der Waals surface area contributed by atoms with Crippen LogP contribution in [0.2, 0.25) is 0 Å². The third-order valence-electron chi connectivity index (χ3n) is 5.59. The van der Waals surface area contributed by atoms with Crippen molar-refractivity contribution >= 4 is 11.8 Å². The van der Waals surface area contributed by atoms with Gasteiger partial charge in [0, 0.05) is 24.7 Å². The first kappa shape index (κ1) is 22.8. The number of nitrogens with one attached hydrogen (secondary N) is 1. The molecule has 1 aliphatic rings. The van der Waals surface area contributed by atoms with Crippen LogP contribution < -0.4 is 5.32 Å². The largest absolute Gasteiger partial charge is 0.417 e. The molecule has 0 atom stereocenters. The Morgan fingerprint density at radius 2 is 1.52 bits per heavy atom. The molecular weight excluding hydrogens is 405 g/mol. The van der Waals surface area contributed by atoms with Gasteiger partial charge in [0.25, 0.3) is 11.8 Å². The van der Waals surface area contributed by atoms with Crippen LogP contribution in [0.1, 0.15) is 65.5 Å². The van der Waals surface area contributed by atoms with Crippen LogP contribution in [0.4, 0.5) is 13.2 Å². The van der Waals surface area contributed by atoms with E-state index in [-0.39, 0.29) is 22.9 Å². The minimum atomic E-state index is -4.59. The smallest absolute Gasteiger partial charge is 0.349 e. The highest BCUT2D eigenvalue weighted by atomic mass is 19.4. The lowest BCUT2D eigenvalue weighted by molar-refractivity contribution is -0.137. The summed E-state index contributed by atoms with van der Waals surface area (Å²) in [6.45, 7) is 7.19. The summed E-state index contributed by atoms with van der Waals surface area (Å²) in [4.78, 5) is 26.9. The van der Waals surface area contributed by atoms with E-state index >= 15 is 0 Å². The van der Waals surface area contributed by atoms with Gasteiger partial charge in [-0.2, -0.15) is 13.2 Å². The minimum absolute atomic E-state index is 0.00284. The Morgan fingerprint density at radius 3 is 2.06 bits per heavy atom. The van der Waals surface area contributed by atoms with Crippen molar-refractivity contribution in [1.29, 1.82) is 0 Å². The Morgan fingerprint density at radius 1 is 0.935 bits per heavy atom. The average Bonchev–Trinajstić information content (AvgIpc) is 2.72. The first-order valence-corrected chi connectivity index (χ1v) is 10.3. The van der Waals surface area contributed by atoms with Crippen LogP contribution in [-0.2, 0) is 11.6 Å². The normalized spacial score (nSPS) is 15.6. The van der Waals surface area contributed by atoms with Crippen LogP contribution in [0.15, 0.2) is 48.5 Å². The maximum atomic E-state index is 13.2. The highest BCUT2D eigenvalue weighted by molar-refractivity contribution is 5.96. The molecule has 166 valence electrons. The van der Waals surface area contributed by atoms with Gasteiger partial charge in [-0.05, 0) is 48.1 Å². The van der Waals surface area contributed by atoms with Crippen LogP contribution in [0.5, 0.6) is 0 Å². The zero-order valence-corrected chi connectivity index (χ0v) is 17.9. The quantitative estimate of drug-likeness (QED) is 0.739. The molecule has 2 aromatic rings. The van der Waals surface area contributed by atoms with E-state index in [1.54, 1.807) is 4.90 Å². The number of benzene rings is 2. The Bertz CT molecular complexity index is 939. The second-order valence-corrected chi connectivity index (χ2v) is 8.91. The van der Waals surface area contributed by atoms with Gasteiger partial charge in [0.1, 0.15) is 0 Å². The number of piperidine rings is 1. The Labute approximate surface area is 180 Å². The fraction of sp³-hybridized carbons (Fsp3) is 0.417. The van der Waals surface area contributed by atoms with E-state index in [4.69, 9.17) is 0 Å². The molecule has 7 heteroatoms. The van der Waals surface area contributed by atoms with Crippen LogP contribution in [-0.4, -0.2) is 35.8 Å². The van der Waals surface area contributed by atoms with Gasteiger partial charge in [-0.1, -0.05) is 45.0 Å². The number of likely N-dealkylation sites (tertiary alicyclic amines) is 1. The predicted molar refractivity (Wildman–Crippen MR) is 113 cm³/mol. The Balaban J connectivity index is 1.59. The molecule has 0 aromatic heterocycles. The van der Waals surface area contributed by atoms with Crippen molar-refractivity contribution in [3.63, 3.8) is 0 Å². The summed E-state index contributed by atoms with van der Waals surface area (Å²) in [6.07, 6.45) is -3.61. The predicted octanol–water partition coefficient (Wildman–Crippen LogP) is 5.04. The SMILES string of the molecule is CC(C)(C)c1ccc(C(=O)N2CCC(NC(=O)c3ccccc3C(F)(F)F)CC2)cc1. The fourth-order valence-corrected chi connectivity index (χ4v) is 3.71. The average molecular weight is 432 g/mol. The van der Waals surface area contributed by atoms with Crippen molar-refractivity contribution < 1.29 is 22.8 Å². The second kappa shape index (κ2) is 8.73. The van der Waals surface area contributed by atoms with Crippen molar-refractivity contribution in [2.45, 2.75) is 51.2 Å². The van der Waals surface area contributed by atoms with Crippen molar-refractivity contribution in [3.8, 4) is 0 Å². The number of halogens is 3. The minimum Gasteiger partial charge on any atom is -0.349 e. The number of nitrogens with zero attached hydrogens (tertiary/aromatic N) is 1. The second-order valence-electron chi connectivity index (χ2n) is 8.91. The molecule has 1 N–H and O–H groups in total. The summed E-state index contributed by atoms with van der Waals surface area (Å²) in [6, 6.07) is 12.0. The zero-order chi connectivity index (χ0) is 22.8. The molecule has 0 bridgehead atoms. The molecule has 0 aliphatic carbocycles. The molecule has 1 fully saturated rings. The monoisotopic (exact) mass is 432 g/mol. The number of hydrogen-bond acceptors (Lipinski definition) is 2. The molecule has 0 unspecified atom stereocenters. The Kier molecular flexibility index (Phi) is 6.43. The number of carbonyl (C=O) groups excluding carboxylic acids is 2. The highest BCUT2D eigenvalue weighted by Gasteiger charge is 2.35. The van der Waals surface area contributed by atoms with Crippen LogP contribution in [0, 0.1) is 0 Å². The molecule has 0 radical (unpaired) electrons. The summed E-state index contributed by atoms with van der Waals surface area (Å²) in [5.41, 5.74) is 0.425. The fourth-order valence-electron chi connectivity index (χ4n) is 3.71. The van der Waals surface area contributed by atoms with Crippen LogP contribution in [0.25, 0.3) is 0 Å². The summed E-state index contributed by atoms with van der Waals surface area (Å²) >= 11 is 0. The van der Waals surface area contributed by atoms with Gasteiger partial charge in [0.15, 0.2) is 0 Å². The van der Waals surface area contributed by atoms with E-state index in [2.05, 4.69) is 26.1 Å². The number of amides is 2. The molecule has 4 nitrogen and oxygen atoms in total. The molecule has 31 heavy (non-hydrogen) atoms. The van der Waals surface area contributed by atoms with E-state index in [1.807, 2.05) is 24.3 Å². The summed E-state index contributed by atoms with van der Waals surface area (Å²) in [5.74, 6) is -0.817. The third-order valence-corrected chi connectivity index (χ3v) is 5.59. The van der Waals surface area contributed by atoms with E-state index in [0.29, 0.717) is 31.5 Å². The summed E-state index contributed by atoms with van der Waals surface area (Å²) in [5, 5.41) is 2.69. The number of alkyl halides is 3. The lowest BCUT2D eigenvalue weighted by Gasteiger charge is -2.32. The van der Waals surface area contributed by atoms with Crippen LogP contribution in [0.3, 0.4) is 0 Å². The molecule has 1 aliphatic heterocycles. The van der Waals surface area contributed by atoms with Gasteiger partial charge in [0.05, 0.1) is 11.1 Å². The van der Waals surface area contributed by atoms with Gasteiger partial charge < -0.3 is 10.2 Å². The topological polar surface area (TPSA) is 49.4 Å². The Hall–Kier alpha value is -2.83.